The summed E-state index contributed by atoms with van der Waals surface area (Å²) in [7, 11) is 0. The van der Waals surface area contributed by atoms with E-state index in [-0.39, 0.29) is 0 Å². The number of nitriles is 3. The number of nitrogens with zero attached hydrogens (tertiary/aromatic N) is 3. The minimum atomic E-state index is -1.63. The predicted molar refractivity (Wildman–Crippen MR) is 60.8 cm³/mol. The molecule has 0 aliphatic rings. The van der Waals surface area contributed by atoms with Crippen LogP contribution in [0.4, 0.5) is 14.5 Å². The minimum Gasteiger partial charge on any atom is -0.478 e. The van der Waals surface area contributed by atoms with Crippen LogP contribution in [0.15, 0.2) is 23.4 Å². The third kappa shape index (κ3) is 2.87. The van der Waals surface area contributed by atoms with Crippen molar-refractivity contribution in [1.29, 1.82) is 15.8 Å². The molecule has 0 aliphatic carbocycles. The van der Waals surface area contributed by atoms with E-state index in [1.54, 1.807) is 0 Å². The van der Waals surface area contributed by atoms with Gasteiger partial charge in [0.2, 0.25) is 0 Å². The van der Waals surface area contributed by atoms with E-state index >= 15 is 0 Å². The Balaban J connectivity index is 3.37. The Hall–Kier alpha value is -3.44. The van der Waals surface area contributed by atoms with E-state index < -0.39 is 40.1 Å². The zero-order valence-corrected chi connectivity index (χ0v) is 9.61. The molecule has 1 aromatic rings. The van der Waals surface area contributed by atoms with Crippen molar-refractivity contribution >= 4 is 11.7 Å². The van der Waals surface area contributed by atoms with E-state index in [2.05, 4.69) is 5.32 Å². The lowest BCUT2D eigenvalue weighted by atomic mass is 10.1. The summed E-state index contributed by atoms with van der Waals surface area (Å²) in [4.78, 5) is 10.7. The van der Waals surface area contributed by atoms with Gasteiger partial charge < -0.3 is 10.4 Å². The molecular weight excluding hydrogens is 270 g/mol. The Morgan fingerprint density at radius 2 is 1.70 bits per heavy atom. The first kappa shape index (κ1) is 14.6. The summed E-state index contributed by atoms with van der Waals surface area (Å²) in [5.41, 5.74) is -2.55. The average Bonchev–Trinajstić information content (AvgIpc) is 2.40. The molecular formula is C12H4F2N4O2. The molecule has 0 unspecified atom stereocenters. The number of carbonyl (C=O) groups is 1. The van der Waals surface area contributed by atoms with E-state index in [1.165, 1.54) is 18.2 Å². The van der Waals surface area contributed by atoms with Gasteiger partial charge >= 0.3 is 5.97 Å². The fourth-order valence-electron chi connectivity index (χ4n) is 1.23. The number of hydrogen-bond donors (Lipinski definition) is 2. The van der Waals surface area contributed by atoms with Gasteiger partial charge in [0, 0.05) is 6.07 Å². The number of halogens is 2. The second-order valence-corrected chi connectivity index (χ2v) is 3.33. The van der Waals surface area contributed by atoms with Crippen LogP contribution < -0.4 is 5.32 Å². The molecule has 0 amide bonds. The summed E-state index contributed by atoms with van der Waals surface area (Å²) in [5, 5.41) is 36.7. The molecule has 0 atom stereocenters. The molecule has 0 bridgehead atoms. The summed E-state index contributed by atoms with van der Waals surface area (Å²) >= 11 is 0. The lowest BCUT2D eigenvalue weighted by molar-refractivity contribution is 0.0692. The Bertz CT molecular complexity index is 720. The number of allylic oxidation sites excluding steroid dienone is 2. The SMILES string of the molecule is N#CC(C#N)=C(C#N)Nc1cc(C(=O)O)c(F)cc1F. The number of carboxylic acids is 1. The van der Waals surface area contributed by atoms with E-state index in [0.717, 1.165) is 0 Å². The highest BCUT2D eigenvalue weighted by Gasteiger charge is 2.17. The van der Waals surface area contributed by atoms with Gasteiger partial charge in [-0.2, -0.15) is 15.8 Å². The molecule has 8 heteroatoms. The number of anilines is 1. The van der Waals surface area contributed by atoms with Crippen LogP contribution in [0.1, 0.15) is 10.4 Å². The number of rotatable bonds is 3. The molecule has 0 aliphatic heterocycles. The largest absolute Gasteiger partial charge is 0.478 e. The summed E-state index contributed by atoms with van der Waals surface area (Å²) in [6.45, 7) is 0. The van der Waals surface area contributed by atoms with Crippen molar-refractivity contribution in [3.05, 3.63) is 40.6 Å². The Labute approximate surface area is 111 Å². The minimum absolute atomic E-state index is 0.319. The Kier molecular flexibility index (Phi) is 4.34. The van der Waals surface area contributed by atoms with Gasteiger partial charge in [0.25, 0.3) is 0 Å². The van der Waals surface area contributed by atoms with Crippen LogP contribution in [-0.2, 0) is 0 Å². The van der Waals surface area contributed by atoms with E-state index in [0.29, 0.717) is 12.1 Å². The zero-order valence-electron chi connectivity index (χ0n) is 9.61. The van der Waals surface area contributed by atoms with Gasteiger partial charge in [0.1, 0.15) is 35.5 Å². The molecule has 6 nitrogen and oxygen atoms in total. The van der Waals surface area contributed by atoms with Gasteiger partial charge in [0.15, 0.2) is 5.57 Å². The zero-order chi connectivity index (χ0) is 15.3. The highest BCUT2D eigenvalue weighted by Crippen LogP contribution is 2.21. The van der Waals surface area contributed by atoms with Crippen LogP contribution in [0.2, 0.25) is 0 Å². The van der Waals surface area contributed by atoms with Crippen LogP contribution in [0, 0.1) is 45.6 Å². The molecule has 1 rings (SSSR count). The molecule has 0 heterocycles. The van der Waals surface area contributed by atoms with E-state index in [4.69, 9.17) is 20.9 Å². The van der Waals surface area contributed by atoms with Gasteiger partial charge in [-0.15, -0.1) is 0 Å². The Morgan fingerprint density at radius 3 is 2.15 bits per heavy atom. The fourth-order valence-corrected chi connectivity index (χ4v) is 1.23. The first-order valence-electron chi connectivity index (χ1n) is 4.88. The fraction of sp³-hybridized carbons (Fsp3) is 0. The summed E-state index contributed by atoms with van der Waals surface area (Å²) in [5.74, 6) is -4.09. The molecule has 1 aromatic carbocycles. The smallest absolute Gasteiger partial charge is 0.338 e. The van der Waals surface area contributed by atoms with Crippen LogP contribution in [0.5, 0.6) is 0 Å². The quantitative estimate of drug-likeness (QED) is 0.812. The number of nitrogens with one attached hydrogen (secondary N) is 1. The van der Waals surface area contributed by atoms with Crippen LogP contribution in [0.25, 0.3) is 0 Å². The van der Waals surface area contributed by atoms with Gasteiger partial charge in [-0.1, -0.05) is 0 Å². The molecule has 0 spiro atoms. The normalized spacial score (nSPS) is 8.75. The van der Waals surface area contributed by atoms with Gasteiger partial charge in [-0.3, -0.25) is 0 Å². The third-order valence-electron chi connectivity index (χ3n) is 2.13. The number of hydrogen-bond acceptors (Lipinski definition) is 5. The summed E-state index contributed by atoms with van der Waals surface area (Å²) < 4.78 is 26.6. The molecule has 0 radical (unpaired) electrons. The van der Waals surface area contributed by atoms with E-state index in [9.17, 15) is 13.6 Å². The van der Waals surface area contributed by atoms with Crippen molar-refractivity contribution in [3.8, 4) is 18.2 Å². The lowest BCUT2D eigenvalue weighted by Crippen LogP contribution is -2.07. The highest BCUT2D eigenvalue weighted by atomic mass is 19.1. The summed E-state index contributed by atoms with van der Waals surface area (Å²) in [6.07, 6.45) is 0. The second-order valence-electron chi connectivity index (χ2n) is 3.33. The number of aromatic carboxylic acids is 1. The second kappa shape index (κ2) is 5.94. The standard InChI is InChI=1S/C12H4F2N4O2/c13-8-2-9(14)10(1-7(8)12(19)20)18-11(5-17)6(3-15)4-16/h1-2,18H,(H,19,20). The molecule has 2 N–H and O–H groups in total. The topological polar surface area (TPSA) is 121 Å². The van der Waals surface area contributed by atoms with Crippen LogP contribution in [-0.4, -0.2) is 11.1 Å². The van der Waals surface area contributed by atoms with E-state index in [1.807, 2.05) is 0 Å². The van der Waals surface area contributed by atoms with Crippen molar-refractivity contribution in [2.75, 3.05) is 5.32 Å². The third-order valence-corrected chi connectivity index (χ3v) is 2.13. The monoisotopic (exact) mass is 274 g/mol. The molecule has 0 saturated carbocycles. The maximum atomic E-state index is 13.5. The molecule has 0 saturated heterocycles. The highest BCUT2D eigenvalue weighted by molar-refractivity contribution is 5.89. The number of benzene rings is 1. The average molecular weight is 274 g/mol. The van der Waals surface area contributed by atoms with Crippen molar-refractivity contribution < 1.29 is 18.7 Å². The molecule has 0 aromatic heterocycles. The maximum Gasteiger partial charge on any atom is 0.338 e. The first-order valence-corrected chi connectivity index (χ1v) is 4.88. The first-order chi connectivity index (χ1) is 9.44. The van der Waals surface area contributed by atoms with Gasteiger partial charge in [0.05, 0.1) is 11.3 Å². The van der Waals surface area contributed by atoms with Gasteiger partial charge in [-0.25, -0.2) is 13.6 Å². The molecule has 98 valence electrons. The predicted octanol–water partition coefficient (Wildman–Crippen LogP) is 1.90. The van der Waals surface area contributed by atoms with Gasteiger partial charge in [-0.05, 0) is 6.07 Å². The van der Waals surface area contributed by atoms with Crippen molar-refractivity contribution in [2.24, 2.45) is 0 Å². The summed E-state index contributed by atoms with van der Waals surface area (Å²) in [6, 6.07) is 5.22. The molecule has 20 heavy (non-hydrogen) atoms. The van der Waals surface area contributed by atoms with Crippen LogP contribution >= 0.6 is 0 Å². The maximum absolute atomic E-state index is 13.5. The Morgan fingerprint density at radius 1 is 1.10 bits per heavy atom. The number of carboxylic acid groups (broad SMARTS) is 1. The lowest BCUT2D eigenvalue weighted by Gasteiger charge is -2.07. The van der Waals surface area contributed by atoms with Crippen LogP contribution in [0.3, 0.4) is 0 Å². The van der Waals surface area contributed by atoms with Crippen molar-refractivity contribution in [3.63, 3.8) is 0 Å². The van der Waals surface area contributed by atoms with Crippen molar-refractivity contribution in [2.45, 2.75) is 0 Å². The van der Waals surface area contributed by atoms with Crippen molar-refractivity contribution in [1.82, 2.24) is 0 Å². The molecule has 0 fully saturated rings.